The van der Waals surface area contributed by atoms with Crippen LogP contribution in [-0.2, 0) is 9.84 Å². The minimum atomic E-state index is -2.90. The van der Waals surface area contributed by atoms with Crippen LogP contribution in [0.15, 0.2) is 24.3 Å². The van der Waals surface area contributed by atoms with E-state index in [1.165, 1.54) is 0 Å². The molecule has 0 unspecified atom stereocenters. The van der Waals surface area contributed by atoms with Gasteiger partial charge in [0.25, 0.3) is 0 Å². The van der Waals surface area contributed by atoms with Gasteiger partial charge in [0.15, 0.2) is 0 Å². The lowest BCUT2D eigenvalue weighted by atomic mass is 10.2. The van der Waals surface area contributed by atoms with Crippen molar-refractivity contribution in [2.75, 3.05) is 43.1 Å². The van der Waals surface area contributed by atoms with Gasteiger partial charge in [-0.3, -0.25) is 0 Å². The maximum atomic E-state index is 11.6. The van der Waals surface area contributed by atoms with Gasteiger partial charge in [0.05, 0.1) is 12.9 Å². The van der Waals surface area contributed by atoms with Gasteiger partial charge in [-0.15, -0.1) is 0 Å². The van der Waals surface area contributed by atoms with E-state index in [4.69, 9.17) is 10.5 Å². The van der Waals surface area contributed by atoms with Crippen molar-refractivity contribution < 1.29 is 13.2 Å². The first-order valence-corrected chi connectivity index (χ1v) is 9.14. The Kier molecular flexibility index (Phi) is 7.53. The summed E-state index contributed by atoms with van der Waals surface area (Å²) in [7, 11) is -1.26. The number of sulfone groups is 1. The molecule has 0 bridgehead atoms. The van der Waals surface area contributed by atoms with E-state index in [1.54, 1.807) is 14.0 Å². The molecule has 0 amide bonds. The molecule has 6 heteroatoms. The molecule has 0 saturated carbocycles. The topological polar surface area (TPSA) is 72.6 Å². The van der Waals surface area contributed by atoms with Crippen LogP contribution in [-0.4, -0.2) is 46.7 Å². The largest absolute Gasteiger partial charge is 0.497 e. The maximum Gasteiger partial charge on any atom is 0.150 e. The van der Waals surface area contributed by atoms with Gasteiger partial charge >= 0.3 is 0 Å². The first-order valence-electron chi connectivity index (χ1n) is 7.32. The zero-order valence-electron chi connectivity index (χ0n) is 12.9. The van der Waals surface area contributed by atoms with Gasteiger partial charge in [0, 0.05) is 24.5 Å². The highest BCUT2D eigenvalue weighted by Crippen LogP contribution is 2.19. The summed E-state index contributed by atoms with van der Waals surface area (Å²) < 4.78 is 28.3. The Morgan fingerprint density at radius 2 is 1.76 bits per heavy atom. The van der Waals surface area contributed by atoms with Crippen LogP contribution < -0.4 is 15.4 Å². The van der Waals surface area contributed by atoms with Gasteiger partial charge in [-0.25, -0.2) is 8.42 Å². The summed E-state index contributed by atoms with van der Waals surface area (Å²) in [5, 5.41) is 0. The molecule has 1 rings (SSSR count). The Hall–Kier alpha value is -1.27. The number of nitrogens with two attached hydrogens (primary N) is 1. The Morgan fingerprint density at radius 3 is 2.29 bits per heavy atom. The van der Waals surface area contributed by atoms with E-state index in [-0.39, 0.29) is 11.5 Å². The normalized spacial score (nSPS) is 11.4. The number of benzene rings is 1. The average Bonchev–Trinajstić information content (AvgIpc) is 2.50. The third-order valence-electron chi connectivity index (χ3n) is 3.39. The molecule has 0 aliphatic carbocycles. The number of hydrogen-bond acceptors (Lipinski definition) is 5. The fourth-order valence-corrected chi connectivity index (χ4v) is 2.92. The van der Waals surface area contributed by atoms with E-state index in [2.05, 4.69) is 4.90 Å². The Balaban J connectivity index is 2.66. The number of nitrogens with zero attached hydrogens (tertiary/aromatic N) is 1. The lowest BCUT2D eigenvalue weighted by Gasteiger charge is -2.25. The van der Waals surface area contributed by atoms with Crippen LogP contribution in [0.4, 0.5) is 5.69 Å². The average molecular weight is 314 g/mol. The SMILES string of the molecule is CCS(=O)(=O)CCCN(CCCN)c1ccc(OC)cc1. The van der Waals surface area contributed by atoms with Crippen molar-refractivity contribution in [3.63, 3.8) is 0 Å². The third-order valence-corrected chi connectivity index (χ3v) is 5.18. The summed E-state index contributed by atoms with van der Waals surface area (Å²) in [6.07, 6.45) is 1.51. The number of ether oxygens (including phenoxy) is 1. The lowest BCUT2D eigenvalue weighted by molar-refractivity contribution is 0.415. The van der Waals surface area contributed by atoms with Gasteiger partial charge in [-0.1, -0.05) is 6.92 Å². The molecule has 0 aliphatic heterocycles. The number of rotatable bonds is 10. The Bertz CT molecular complexity index is 500. The molecule has 0 radical (unpaired) electrons. The molecule has 21 heavy (non-hydrogen) atoms. The summed E-state index contributed by atoms with van der Waals surface area (Å²) in [5.74, 6) is 1.25. The molecule has 0 atom stereocenters. The smallest absolute Gasteiger partial charge is 0.150 e. The van der Waals surface area contributed by atoms with Crippen LogP contribution in [0.3, 0.4) is 0 Å². The zero-order valence-corrected chi connectivity index (χ0v) is 13.7. The van der Waals surface area contributed by atoms with Crippen molar-refractivity contribution in [3.8, 4) is 5.75 Å². The molecule has 120 valence electrons. The molecular formula is C15H26N2O3S. The van der Waals surface area contributed by atoms with Crippen molar-refractivity contribution in [2.24, 2.45) is 5.73 Å². The Morgan fingerprint density at radius 1 is 1.14 bits per heavy atom. The molecule has 1 aromatic rings. The van der Waals surface area contributed by atoms with E-state index < -0.39 is 9.84 Å². The molecule has 1 aromatic carbocycles. The maximum absolute atomic E-state index is 11.6. The number of anilines is 1. The molecule has 5 nitrogen and oxygen atoms in total. The van der Waals surface area contributed by atoms with E-state index in [9.17, 15) is 8.42 Å². The predicted molar refractivity (Wildman–Crippen MR) is 87.8 cm³/mol. The predicted octanol–water partition coefficient (Wildman–Crippen LogP) is 1.68. The second-order valence-electron chi connectivity index (χ2n) is 4.92. The standard InChI is InChI=1S/C15H26N2O3S/c1-3-21(18,19)13-5-12-17(11-4-10-16)14-6-8-15(20-2)9-7-14/h6-9H,3-5,10-13,16H2,1-2H3. The van der Waals surface area contributed by atoms with E-state index in [0.29, 0.717) is 19.5 Å². The van der Waals surface area contributed by atoms with Crippen LogP contribution in [0.2, 0.25) is 0 Å². The van der Waals surface area contributed by atoms with Crippen molar-refractivity contribution in [1.29, 1.82) is 0 Å². The summed E-state index contributed by atoms with van der Waals surface area (Å²) in [6, 6.07) is 7.80. The van der Waals surface area contributed by atoms with Crippen LogP contribution >= 0.6 is 0 Å². The van der Waals surface area contributed by atoms with Gasteiger partial charge < -0.3 is 15.4 Å². The summed E-state index contributed by atoms with van der Waals surface area (Å²) in [6.45, 7) is 3.85. The first kappa shape index (κ1) is 17.8. The highest BCUT2D eigenvalue weighted by molar-refractivity contribution is 7.91. The molecule has 0 aromatic heterocycles. The van der Waals surface area contributed by atoms with Crippen molar-refractivity contribution in [2.45, 2.75) is 19.8 Å². The minimum absolute atomic E-state index is 0.207. The molecule has 0 saturated heterocycles. The second kappa shape index (κ2) is 8.89. The van der Waals surface area contributed by atoms with Crippen molar-refractivity contribution in [1.82, 2.24) is 0 Å². The van der Waals surface area contributed by atoms with E-state index in [1.807, 2.05) is 24.3 Å². The fraction of sp³-hybridized carbons (Fsp3) is 0.600. The lowest BCUT2D eigenvalue weighted by Crippen LogP contribution is -2.28. The second-order valence-corrected chi connectivity index (χ2v) is 7.39. The number of methoxy groups -OCH3 is 1. The molecule has 0 fully saturated rings. The fourth-order valence-electron chi connectivity index (χ4n) is 2.06. The van der Waals surface area contributed by atoms with Gasteiger partial charge in [0.2, 0.25) is 0 Å². The molecule has 0 heterocycles. The highest BCUT2D eigenvalue weighted by Gasteiger charge is 2.10. The van der Waals surface area contributed by atoms with Crippen molar-refractivity contribution in [3.05, 3.63) is 24.3 Å². The van der Waals surface area contributed by atoms with E-state index in [0.717, 1.165) is 24.4 Å². The summed E-state index contributed by atoms with van der Waals surface area (Å²) in [5.41, 5.74) is 6.65. The molecular weight excluding hydrogens is 288 g/mol. The van der Waals surface area contributed by atoms with Gasteiger partial charge in [0.1, 0.15) is 15.6 Å². The monoisotopic (exact) mass is 314 g/mol. The molecule has 2 N–H and O–H groups in total. The van der Waals surface area contributed by atoms with Crippen LogP contribution in [0.25, 0.3) is 0 Å². The molecule has 0 spiro atoms. The minimum Gasteiger partial charge on any atom is -0.497 e. The third kappa shape index (κ3) is 6.35. The summed E-state index contributed by atoms with van der Waals surface area (Å²) >= 11 is 0. The van der Waals surface area contributed by atoms with Crippen LogP contribution in [0.1, 0.15) is 19.8 Å². The summed E-state index contributed by atoms with van der Waals surface area (Å²) in [4.78, 5) is 2.18. The van der Waals surface area contributed by atoms with Gasteiger partial charge in [-0.2, -0.15) is 0 Å². The zero-order chi connectivity index (χ0) is 15.7. The van der Waals surface area contributed by atoms with E-state index >= 15 is 0 Å². The molecule has 0 aliphatic rings. The van der Waals surface area contributed by atoms with Crippen molar-refractivity contribution >= 4 is 15.5 Å². The van der Waals surface area contributed by atoms with Gasteiger partial charge in [-0.05, 0) is 43.7 Å². The number of hydrogen-bond donors (Lipinski definition) is 1. The van der Waals surface area contributed by atoms with Crippen LogP contribution in [0, 0.1) is 0 Å². The van der Waals surface area contributed by atoms with Crippen LogP contribution in [0.5, 0.6) is 5.75 Å². The Labute approximate surface area is 128 Å². The first-order chi connectivity index (χ1) is 10.0. The highest BCUT2D eigenvalue weighted by atomic mass is 32.2. The quantitative estimate of drug-likeness (QED) is 0.711.